The minimum absolute atomic E-state index is 0.00119. The van der Waals surface area contributed by atoms with Crippen LogP contribution in [0.25, 0.3) is 33.4 Å². The first-order valence-corrected chi connectivity index (χ1v) is 34.3. The predicted molar refractivity (Wildman–Crippen MR) is 356 cm³/mol. The van der Waals surface area contributed by atoms with Crippen LogP contribution in [0.3, 0.4) is 0 Å². The van der Waals surface area contributed by atoms with Crippen molar-refractivity contribution in [2.24, 2.45) is 52.1 Å². The van der Waals surface area contributed by atoms with Gasteiger partial charge in [0, 0.05) is 62.6 Å². The first kappa shape index (κ1) is 62.8. The van der Waals surface area contributed by atoms with Gasteiger partial charge in [-0.2, -0.15) is 0 Å². The Labute approximate surface area is 538 Å². The second-order valence-electron chi connectivity index (χ2n) is 27.8. The number of amides is 3. The highest BCUT2D eigenvalue weighted by molar-refractivity contribution is 5.81. The Balaban J connectivity index is 0.647. The number of hydrogen-bond acceptors (Lipinski definition) is 10. The number of ether oxygens (including phenoxy) is 6. The molecule has 0 aromatic heterocycles. The summed E-state index contributed by atoms with van der Waals surface area (Å²) in [5, 5.41) is 9.13. The molecule has 11 atom stereocenters. The van der Waals surface area contributed by atoms with Crippen molar-refractivity contribution in [3.63, 3.8) is 0 Å². The monoisotopic (exact) mass is 1230 g/mol. The standard InChI is InChI=1S/C78H94N4O9/c1-50(20-16-37-79)68-33-34-69-73-70(46-72(78(68,69)3)88-43-19-40-82-76(85)91-49-67-63-31-14-8-25-57(63)58-26-9-15-32-64(58)67)77(2)36-35-52(86-41-17-38-80-74(83)89-47-65-59-27-10-4-21-53(59)54-22-5-11-28-60(54)65)44-51(77)45-71(73)87-42-18-39-81-75(84)90-48-66-61-29-12-6-23-55(61)56-24-7-13-30-62(56)66/h4-15,21-32,50-52,65-73H,16-20,33-49,79H2,1-3H3,(H,80,83)(H,81,84)(H,82,85)/t50-,51?,52-,68-,69+,70+,71-,72+,73?,77?,78?/m1/s1. The average molecular weight is 1230 g/mol. The Morgan fingerprint density at radius 1 is 0.495 bits per heavy atom. The van der Waals surface area contributed by atoms with E-state index in [1.54, 1.807) is 0 Å². The first-order chi connectivity index (χ1) is 44.5. The summed E-state index contributed by atoms with van der Waals surface area (Å²) in [5.74, 6) is 2.49. The van der Waals surface area contributed by atoms with Crippen LogP contribution in [0.4, 0.5) is 14.4 Å². The van der Waals surface area contributed by atoms with Crippen LogP contribution in [0.1, 0.15) is 149 Å². The molecule has 6 aromatic rings. The number of carbonyl (C=O) groups excluding carboxylic acids is 3. The van der Waals surface area contributed by atoms with Gasteiger partial charge in [0.25, 0.3) is 0 Å². The van der Waals surface area contributed by atoms with E-state index in [9.17, 15) is 14.4 Å². The summed E-state index contributed by atoms with van der Waals surface area (Å²) >= 11 is 0. The minimum Gasteiger partial charge on any atom is -0.449 e. The fourth-order valence-corrected chi connectivity index (χ4v) is 18.7. The van der Waals surface area contributed by atoms with Crippen LogP contribution in [0.5, 0.6) is 0 Å². The third-order valence-corrected chi connectivity index (χ3v) is 23.1. The lowest BCUT2D eigenvalue weighted by atomic mass is 9.43. The molecule has 13 nitrogen and oxygen atoms in total. The summed E-state index contributed by atoms with van der Waals surface area (Å²) in [4.78, 5) is 39.8. The van der Waals surface area contributed by atoms with Gasteiger partial charge in [-0.15, -0.1) is 0 Å². The topological polar surface area (TPSA) is 169 Å². The van der Waals surface area contributed by atoms with E-state index in [-0.39, 0.29) is 66.7 Å². The molecule has 4 saturated carbocycles. The smallest absolute Gasteiger partial charge is 0.407 e. The molecule has 0 radical (unpaired) electrons. The molecule has 13 heteroatoms. The molecule has 5 N–H and O–H groups in total. The molecule has 7 aliphatic rings. The largest absolute Gasteiger partial charge is 0.449 e. The zero-order valence-electron chi connectivity index (χ0n) is 53.6. The zero-order chi connectivity index (χ0) is 62.5. The molecule has 6 aromatic carbocycles. The third-order valence-electron chi connectivity index (χ3n) is 23.1. The van der Waals surface area contributed by atoms with E-state index in [1.165, 1.54) is 66.8 Å². The number of alkyl carbamates (subject to hydrolysis) is 3. The lowest BCUT2D eigenvalue weighted by molar-refractivity contribution is -0.227. The number of rotatable bonds is 25. The van der Waals surface area contributed by atoms with Crippen molar-refractivity contribution in [3.05, 3.63) is 179 Å². The Bertz CT molecular complexity index is 3380. The highest BCUT2D eigenvalue weighted by atomic mass is 16.6. The second-order valence-corrected chi connectivity index (χ2v) is 27.8. The summed E-state index contributed by atoms with van der Waals surface area (Å²) in [6.07, 6.45) is 10.3. The van der Waals surface area contributed by atoms with E-state index < -0.39 is 18.3 Å². The van der Waals surface area contributed by atoms with Gasteiger partial charge in [0.05, 0.1) is 18.3 Å². The van der Waals surface area contributed by atoms with Crippen LogP contribution in [0.15, 0.2) is 146 Å². The Morgan fingerprint density at radius 3 is 1.33 bits per heavy atom. The predicted octanol–water partition coefficient (Wildman–Crippen LogP) is 15.2. The first-order valence-electron chi connectivity index (χ1n) is 34.3. The van der Waals surface area contributed by atoms with Crippen LogP contribution in [-0.2, 0) is 28.4 Å². The number of nitrogens with one attached hydrogen (secondary N) is 3. The molecule has 0 bridgehead atoms. The lowest BCUT2D eigenvalue weighted by Gasteiger charge is -2.65. The van der Waals surface area contributed by atoms with Gasteiger partial charge in [-0.05, 0) is 191 Å². The maximum Gasteiger partial charge on any atom is 0.407 e. The van der Waals surface area contributed by atoms with E-state index in [2.05, 4.69) is 182 Å². The molecule has 0 spiro atoms. The molecule has 4 fully saturated rings. The highest BCUT2D eigenvalue weighted by Gasteiger charge is 2.66. The Morgan fingerprint density at radius 2 is 0.901 bits per heavy atom. The fraction of sp³-hybridized carbons (Fsp3) is 0.500. The van der Waals surface area contributed by atoms with E-state index in [1.807, 2.05) is 0 Å². The molecule has 0 saturated heterocycles. The van der Waals surface area contributed by atoms with Crippen LogP contribution in [-0.4, -0.2) is 102 Å². The molecule has 3 amide bonds. The molecule has 4 unspecified atom stereocenters. The van der Waals surface area contributed by atoms with Crippen LogP contribution >= 0.6 is 0 Å². The van der Waals surface area contributed by atoms with Gasteiger partial charge in [-0.3, -0.25) is 0 Å². The maximum atomic E-state index is 13.4. The summed E-state index contributed by atoms with van der Waals surface area (Å²) < 4.78 is 39.1. The number of fused-ring (bicyclic) bond motifs is 14. The van der Waals surface area contributed by atoms with Crippen molar-refractivity contribution < 1.29 is 42.8 Å². The number of carbonyl (C=O) groups is 3. The van der Waals surface area contributed by atoms with Crippen LogP contribution in [0.2, 0.25) is 0 Å². The van der Waals surface area contributed by atoms with Crippen molar-refractivity contribution >= 4 is 18.3 Å². The van der Waals surface area contributed by atoms with Gasteiger partial charge in [0.15, 0.2) is 0 Å². The number of benzene rings is 6. The Kier molecular flexibility index (Phi) is 19.3. The minimum atomic E-state index is -0.403. The molecule has 91 heavy (non-hydrogen) atoms. The molecular weight excluding hydrogens is 1140 g/mol. The van der Waals surface area contributed by atoms with Gasteiger partial charge >= 0.3 is 18.3 Å². The van der Waals surface area contributed by atoms with Gasteiger partial charge in [0.2, 0.25) is 0 Å². The van der Waals surface area contributed by atoms with Gasteiger partial charge < -0.3 is 50.1 Å². The fourth-order valence-electron chi connectivity index (χ4n) is 18.7. The third kappa shape index (κ3) is 12.7. The van der Waals surface area contributed by atoms with E-state index in [0.29, 0.717) is 101 Å². The Hall–Kier alpha value is -7.03. The number of hydrogen-bond donors (Lipinski definition) is 4. The summed E-state index contributed by atoms with van der Waals surface area (Å²) in [6, 6.07) is 50.5. The van der Waals surface area contributed by atoms with Crippen molar-refractivity contribution in [2.75, 3.05) is 65.8 Å². The maximum absolute atomic E-state index is 13.4. The van der Waals surface area contributed by atoms with Crippen molar-refractivity contribution in [1.82, 2.24) is 16.0 Å². The molecule has 7 aliphatic carbocycles. The second kappa shape index (κ2) is 28.1. The zero-order valence-corrected chi connectivity index (χ0v) is 53.6. The lowest BCUT2D eigenvalue weighted by Crippen LogP contribution is -2.63. The molecule has 0 aliphatic heterocycles. The summed E-state index contributed by atoms with van der Waals surface area (Å²) in [6.45, 7) is 12.1. The van der Waals surface area contributed by atoms with Gasteiger partial charge in [-0.25, -0.2) is 14.4 Å². The van der Waals surface area contributed by atoms with E-state index in [4.69, 9.17) is 34.2 Å². The highest BCUT2D eigenvalue weighted by Crippen LogP contribution is 2.69. The quantitative estimate of drug-likeness (QED) is 0.0320. The normalized spacial score (nSPS) is 26.1. The molecule has 480 valence electrons. The van der Waals surface area contributed by atoms with E-state index >= 15 is 0 Å². The molecule has 0 heterocycles. The molecule has 13 rings (SSSR count). The summed E-state index contributed by atoms with van der Waals surface area (Å²) in [5.41, 5.74) is 20.6. The van der Waals surface area contributed by atoms with Crippen molar-refractivity contribution in [2.45, 2.75) is 134 Å². The van der Waals surface area contributed by atoms with Crippen LogP contribution in [0, 0.1) is 46.3 Å². The average Bonchev–Trinajstić information content (AvgIpc) is 1.68. The number of nitrogens with two attached hydrogens (primary N) is 1. The van der Waals surface area contributed by atoms with Gasteiger partial charge in [-0.1, -0.05) is 166 Å². The van der Waals surface area contributed by atoms with Crippen molar-refractivity contribution in [1.29, 1.82) is 0 Å². The molecular formula is C78H94N4O9. The van der Waals surface area contributed by atoms with E-state index in [0.717, 1.165) is 57.8 Å². The summed E-state index contributed by atoms with van der Waals surface area (Å²) in [7, 11) is 0. The van der Waals surface area contributed by atoms with Crippen molar-refractivity contribution in [3.8, 4) is 33.4 Å². The van der Waals surface area contributed by atoms with Crippen LogP contribution < -0.4 is 21.7 Å². The SMILES string of the molecule is C[C@H](CCCN)[C@H]1CC[C@H]2C3[C@H](OCCCNC(=O)OCC4c5ccccc5-c5ccccc54)CC4C[C@H](OCCCNC(=O)OCC5c6ccccc6-c6ccccc65)CCC4(C)[C@H]3C[C@H](OCCCNC(=O)OCC3c4ccccc4-c4ccccc43)C12C. The van der Waals surface area contributed by atoms with Gasteiger partial charge in [0.1, 0.15) is 19.8 Å².